The van der Waals surface area contributed by atoms with Gasteiger partial charge in [-0.15, -0.1) is 0 Å². The van der Waals surface area contributed by atoms with Gasteiger partial charge in [-0.05, 0) is 63.9 Å². The fourth-order valence-electron chi connectivity index (χ4n) is 2.14. The smallest absolute Gasteiger partial charge is 0.00914 e. The van der Waals surface area contributed by atoms with Crippen molar-refractivity contribution < 1.29 is 0 Å². The standard InChI is InChI=1S/C12H26N2S/c1-3-7-13-12-5-9-14(10-6-12)8-4-11-15-2/h12-13H,3-11H2,1-2H3. The fourth-order valence-corrected chi connectivity index (χ4v) is 2.56. The molecule has 0 aromatic heterocycles. The lowest BCUT2D eigenvalue weighted by Crippen LogP contribution is -2.43. The molecule has 1 aliphatic rings. The zero-order chi connectivity index (χ0) is 10.9. The summed E-state index contributed by atoms with van der Waals surface area (Å²) >= 11 is 1.96. The van der Waals surface area contributed by atoms with E-state index in [1.165, 1.54) is 57.6 Å². The zero-order valence-electron chi connectivity index (χ0n) is 10.3. The highest BCUT2D eigenvalue weighted by molar-refractivity contribution is 7.98. The average molecular weight is 230 g/mol. The Kier molecular flexibility index (Phi) is 7.49. The van der Waals surface area contributed by atoms with Gasteiger partial charge in [-0.3, -0.25) is 0 Å². The van der Waals surface area contributed by atoms with Crippen LogP contribution >= 0.6 is 11.8 Å². The molecule has 3 heteroatoms. The Balaban J connectivity index is 2.02. The van der Waals surface area contributed by atoms with Crippen LogP contribution in [0.25, 0.3) is 0 Å². The van der Waals surface area contributed by atoms with Gasteiger partial charge in [0.1, 0.15) is 0 Å². The lowest BCUT2D eigenvalue weighted by atomic mass is 10.0. The fraction of sp³-hybridized carbons (Fsp3) is 1.00. The summed E-state index contributed by atoms with van der Waals surface area (Å²) in [5.41, 5.74) is 0. The highest BCUT2D eigenvalue weighted by atomic mass is 32.2. The first-order valence-corrected chi connectivity index (χ1v) is 7.71. The van der Waals surface area contributed by atoms with Crippen molar-refractivity contribution in [3.63, 3.8) is 0 Å². The van der Waals surface area contributed by atoms with Gasteiger partial charge in [-0.2, -0.15) is 11.8 Å². The second kappa shape index (κ2) is 8.43. The van der Waals surface area contributed by atoms with E-state index in [2.05, 4.69) is 23.4 Å². The normalized spacial score (nSPS) is 19.6. The second-order valence-corrected chi connectivity index (χ2v) is 5.40. The molecule has 1 rings (SSSR count). The molecule has 15 heavy (non-hydrogen) atoms. The molecule has 0 bridgehead atoms. The maximum absolute atomic E-state index is 3.63. The Hall–Kier alpha value is 0.270. The van der Waals surface area contributed by atoms with Gasteiger partial charge in [0.2, 0.25) is 0 Å². The first kappa shape index (κ1) is 13.3. The van der Waals surface area contributed by atoms with Crippen LogP contribution in [0.1, 0.15) is 32.6 Å². The van der Waals surface area contributed by atoms with Gasteiger partial charge in [-0.1, -0.05) is 6.92 Å². The number of piperidine rings is 1. The van der Waals surface area contributed by atoms with Crippen LogP contribution in [0.5, 0.6) is 0 Å². The van der Waals surface area contributed by atoms with E-state index in [0.29, 0.717) is 0 Å². The molecule has 1 heterocycles. The minimum atomic E-state index is 0.793. The molecule has 0 saturated carbocycles. The summed E-state index contributed by atoms with van der Waals surface area (Å²) in [5, 5.41) is 3.63. The summed E-state index contributed by atoms with van der Waals surface area (Å²) in [6.45, 7) is 7.34. The molecule has 0 amide bonds. The Bertz CT molecular complexity index is 145. The minimum Gasteiger partial charge on any atom is -0.314 e. The maximum atomic E-state index is 3.63. The van der Waals surface area contributed by atoms with Gasteiger partial charge in [0.15, 0.2) is 0 Å². The van der Waals surface area contributed by atoms with Crippen LogP contribution in [0.3, 0.4) is 0 Å². The average Bonchev–Trinajstić information content (AvgIpc) is 2.28. The molecule has 0 unspecified atom stereocenters. The van der Waals surface area contributed by atoms with Crippen molar-refractivity contribution >= 4 is 11.8 Å². The van der Waals surface area contributed by atoms with E-state index in [4.69, 9.17) is 0 Å². The molecule has 2 nitrogen and oxygen atoms in total. The molecule has 0 atom stereocenters. The van der Waals surface area contributed by atoms with Crippen molar-refractivity contribution in [1.82, 2.24) is 10.2 Å². The highest BCUT2D eigenvalue weighted by Crippen LogP contribution is 2.11. The molecule has 1 N–H and O–H groups in total. The predicted octanol–water partition coefficient (Wildman–Crippen LogP) is 2.20. The number of nitrogens with one attached hydrogen (secondary N) is 1. The van der Waals surface area contributed by atoms with E-state index < -0.39 is 0 Å². The molecule has 0 aliphatic carbocycles. The van der Waals surface area contributed by atoms with Crippen LogP contribution in [-0.2, 0) is 0 Å². The SMILES string of the molecule is CCCNC1CCN(CCCSC)CC1. The predicted molar refractivity (Wildman–Crippen MR) is 70.8 cm³/mol. The van der Waals surface area contributed by atoms with E-state index in [9.17, 15) is 0 Å². The number of likely N-dealkylation sites (tertiary alicyclic amines) is 1. The number of nitrogens with zero attached hydrogens (tertiary/aromatic N) is 1. The molecule has 0 aromatic rings. The van der Waals surface area contributed by atoms with Crippen LogP contribution < -0.4 is 5.32 Å². The van der Waals surface area contributed by atoms with Crippen LogP contribution in [0, 0.1) is 0 Å². The number of hydrogen-bond acceptors (Lipinski definition) is 3. The summed E-state index contributed by atoms with van der Waals surface area (Å²) in [5.74, 6) is 1.31. The third kappa shape index (κ3) is 5.79. The van der Waals surface area contributed by atoms with Crippen LogP contribution in [-0.4, -0.2) is 49.1 Å². The Morgan fingerprint density at radius 1 is 1.33 bits per heavy atom. The van der Waals surface area contributed by atoms with Crippen molar-refractivity contribution in [3.8, 4) is 0 Å². The molecule has 90 valence electrons. The lowest BCUT2D eigenvalue weighted by Gasteiger charge is -2.32. The lowest BCUT2D eigenvalue weighted by molar-refractivity contribution is 0.199. The Morgan fingerprint density at radius 3 is 2.67 bits per heavy atom. The van der Waals surface area contributed by atoms with Gasteiger partial charge in [-0.25, -0.2) is 0 Å². The molecule has 1 saturated heterocycles. The first-order valence-electron chi connectivity index (χ1n) is 6.31. The van der Waals surface area contributed by atoms with Crippen molar-refractivity contribution in [2.24, 2.45) is 0 Å². The topological polar surface area (TPSA) is 15.3 Å². The third-order valence-corrected chi connectivity index (χ3v) is 3.79. The van der Waals surface area contributed by atoms with Gasteiger partial charge >= 0.3 is 0 Å². The van der Waals surface area contributed by atoms with Gasteiger partial charge < -0.3 is 10.2 Å². The van der Waals surface area contributed by atoms with Crippen molar-refractivity contribution in [3.05, 3.63) is 0 Å². The molecule has 0 spiro atoms. The van der Waals surface area contributed by atoms with E-state index in [1.807, 2.05) is 11.8 Å². The van der Waals surface area contributed by atoms with E-state index in [1.54, 1.807) is 0 Å². The number of thioether (sulfide) groups is 1. The summed E-state index contributed by atoms with van der Waals surface area (Å²) in [6, 6.07) is 0.793. The second-order valence-electron chi connectivity index (χ2n) is 4.42. The largest absolute Gasteiger partial charge is 0.314 e. The van der Waals surface area contributed by atoms with E-state index >= 15 is 0 Å². The Labute approximate surface area is 99.2 Å². The third-order valence-electron chi connectivity index (χ3n) is 3.09. The summed E-state index contributed by atoms with van der Waals surface area (Å²) in [4.78, 5) is 2.63. The van der Waals surface area contributed by atoms with Gasteiger partial charge in [0, 0.05) is 6.04 Å². The molecular weight excluding hydrogens is 204 g/mol. The van der Waals surface area contributed by atoms with Gasteiger partial charge in [0.25, 0.3) is 0 Å². The highest BCUT2D eigenvalue weighted by Gasteiger charge is 2.17. The molecular formula is C12H26N2S. The van der Waals surface area contributed by atoms with Crippen LogP contribution in [0.15, 0.2) is 0 Å². The number of rotatable bonds is 7. The Morgan fingerprint density at radius 2 is 2.07 bits per heavy atom. The van der Waals surface area contributed by atoms with Crippen LogP contribution in [0.4, 0.5) is 0 Å². The summed E-state index contributed by atoms with van der Waals surface area (Å²) in [6.07, 6.45) is 7.50. The maximum Gasteiger partial charge on any atom is 0.00914 e. The minimum absolute atomic E-state index is 0.793. The molecule has 0 aromatic carbocycles. The quantitative estimate of drug-likeness (QED) is 0.675. The molecule has 1 aliphatic heterocycles. The van der Waals surface area contributed by atoms with E-state index in [-0.39, 0.29) is 0 Å². The van der Waals surface area contributed by atoms with Crippen LogP contribution in [0.2, 0.25) is 0 Å². The number of hydrogen-bond donors (Lipinski definition) is 1. The van der Waals surface area contributed by atoms with Gasteiger partial charge in [0.05, 0.1) is 0 Å². The van der Waals surface area contributed by atoms with Crippen molar-refractivity contribution in [2.45, 2.75) is 38.6 Å². The summed E-state index contributed by atoms with van der Waals surface area (Å²) in [7, 11) is 0. The summed E-state index contributed by atoms with van der Waals surface area (Å²) < 4.78 is 0. The zero-order valence-corrected chi connectivity index (χ0v) is 11.1. The van der Waals surface area contributed by atoms with E-state index in [0.717, 1.165) is 6.04 Å². The first-order chi connectivity index (χ1) is 7.36. The van der Waals surface area contributed by atoms with Crippen molar-refractivity contribution in [1.29, 1.82) is 0 Å². The van der Waals surface area contributed by atoms with Crippen molar-refractivity contribution in [2.75, 3.05) is 38.2 Å². The molecule has 1 fully saturated rings. The monoisotopic (exact) mass is 230 g/mol. The molecule has 0 radical (unpaired) electrons.